The third kappa shape index (κ3) is 2.15. The minimum atomic E-state index is 0.314. The van der Waals surface area contributed by atoms with E-state index in [4.69, 9.17) is 4.98 Å². The number of nitrogens with zero attached hydrogens (tertiary/aromatic N) is 2. The van der Waals surface area contributed by atoms with Crippen LogP contribution in [-0.2, 0) is 11.8 Å². The normalized spacial score (nSPS) is 31.5. The first-order valence-electron chi connectivity index (χ1n) is 9.50. The fraction of sp³-hybridized carbons (Fsp3) is 0.591. The molecule has 1 aliphatic carbocycles. The quantitative estimate of drug-likeness (QED) is 0.763. The molecule has 2 aromatic rings. The molecular weight excluding hydrogens is 292 g/mol. The summed E-state index contributed by atoms with van der Waals surface area (Å²) in [7, 11) is 2.26. The Morgan fingerprint density at radius 2 is 1.92 bits per heavy atom. The van der Waals surface area contributed by atoms with Gasteiger partial charge in [-0.2, -0.15) is 0 Å². The Balaban J connectivity index is 0.000000815. The molecule has 2 fully saturated rings. The second-order valence-corrected chi connectivity index (χ2v) is 7.89. The molecule has 1 aromatic heterocycles. The summed E-state index contributed by atoms with van der Waals surface area (Å²) < 4.78 is 0. The molecule has 2 heterocycles. The highest BCUT2D eigenvalue weighted by molar-refractivity contribution is 5.83. The second kappa shape index (κ2) is 5.84. The zero-order valence-corrected chi connectivity index (χ0v) is 16.4. The van der Waals surface area contributed by atoms with Crippen LogP contribution in [0.25, 0.3) is 10.9 Å². The smallest absolute Gasteiger partial charge is 0.0708 e. The van der Waals surface area contributed by atoms with Crippen molar-refractivity contribution >= 4 is 10.9 Å². The van der Waals surface area contributed by atoms with Crippen molar-refractivity contribution in [1.82, 2.24) is 9.88 Å². The van der Waals surface area contributed by atoms with Crippen molar-refractivity contribution in [3.05, 3.63) is 41.1 Å². The third-order valence-electron chi connectivity index (χ3n) is 6.75. The van der Waals surface area contributed by atoms with E-state index >= 15 is 0 Å². The molecule has 2 unspecified atom stereocenters. The Morgan fingerprint density at radius 1 is 1.21 bits per heavy atom. The Morgan fingerprint density at radius 3 is 2.46 bits per heavy atom. The van der Waals surface area contributed by atoms with Gasteiger partial charge < -0.3 is 4.90 Å². The number of fused-ring (bicyclic) bond motifs is 2. The van der Waals surface area contributed by atoms with E-state index in [0.717, 1.165) is 23.7 Å². The molecule has 0 amide bonds. The molecular formula is C22H32N2. The molecule has 2 aliphatic rings. The number of piperidine rings is 1. The molecule has 3 atom stereocenters. The molecule has 1 aromatic carbocycles. The van der Waals surface area contributed by atoms with Gasteiger partial charge >= 0.3 is 0 Å². The summed E-state index contributed by atoms with van der Waals surface area (Å²) in [5.74, 6) is 0. The summed E-state index contributed by atoms with van der Waals surface area (Å²) in [5, 5.41) is 1.35. The van der Waals surface area contributed by atoms with Gasteiger partial charge in [0.05, 0.1) is 5.52 Å². The first kappa shape index (κ1) is 17.4. The number of aryl methyl sites for hydroxylation is 2. The molecule has 1 aliphatic heterocycles. The van der Waals surface area contributed by atoms with Gasteiger partial charge in [-0.25, -0.2) is 0 Å². The monoisotopic (exact) mass is 324 g/mol. The largest absolute Gasteiger partial charge is 0.302 e. The fourth-order valence-corrected chi connectivity index (χ4v) is 5.05. The second-order valence-electron chi connectivity index (χ2n) is 7.89. The van der Waals surface area contributed by atoms with Gasteiger partial charge in [-0.1, -0.05) is 40.7 Å². The number of rotatable bonds is 2. The number of likely N-dealkylation sites (tertiary alicyclic amines) is 1. The average Bonchev–Trinajstić information content (AvgIpc) is 2.59. The van der Waals surface area contributed by atoms with Crippen molar-refractivity contribution in [3.63, 3.8) is 0 Å². The van der Waals surface area contributed by atoms with Crippen molar-refractivity contribution in [2.75, 3.05) is 13.6 Å². The summed E-state index contributed by atoms with van der Waals surface area (Å²) in [6.45, 7) is 14.5. The third-order valence-corrected chi connectivity index (χ3v) is 6.75. The summed E-state index contributed by atoms with van der Waals surface area (Å²) in [4.78, 5) is 7.23. The van der Waals surface area contributed by atoms with E-state index < -0.39 is 0 Å². The van der Waals surface area contributed by atoms with E-state index in [1.807, 2.05) is 13.8 Å². The lowest BCUT2D eigenvalue weighted by Gasteiger charge is -2.73. The summed E-state index contributed by atoms with van der Waals surface area (Å²) in [6, 6.07) is 10.0. The van der Waals surface area contributed by atoms with Crippen LogP contribution in [0.1, 0.15) is 57.9 Å². The lowest BCUT2D eigenvalue weighted by molar-refractivity contribution is -0.189. The molecule has 2 heteroatoms. The highest BCUT2D eigenvalue weighted by atomic mass is 15.3. The molecule has 1 saturated carbocycles. The van der Waals surface area contributed by atoms with Crippen LogP contribution in [0.5, 0.6) is 0 Å². The van der Waals surface area contributed by atoms with Gasteiger partial charge in [0.15, 0.2) is 0 Å². The molecule has 0 N–H and O–H groups in total. The predicted octanol–water partition coefficient (Wildman–Crippen LogP) is 5.11. The lowest BCUT2D eigenvalue weighted by atomic mass is 9.41. The average molecular weight is 325 g/mol. The van der Waals surface area contributed by atoms with Gasteiger partial charge in [-0.05, 0) is 56.1 Å². The fourth-order valence-electron chi connectivity index (χ4n) is 5.05. The maximum Gasteiger partial charge on any atom is 0.0708 e. The van der Waals surface area contributed by atoms with Crippen molar-refractivity contribution in [3.8, 4) is 0 Å². The van der Waals surface area contributed by atoms with E-state index in [9.17, 15) is 0 Å². The number of benzene rings is 1. The van der Waals surface area contributed by atoms with Crippen LogP contribution in [0, 0.1) is 12.3 Å². The molecule has 1 saturated heterocycles. The van der Waals surface area contributed by atoms with Gasteiger partial charge in [-0.3, -0.25) is 4.98 Å². The van der Waals surface area contributed by atoms with Crippen LogP contribution >= 0.6 is 0 Å². The number of pyridine rings is 1. The summed E-state index contributed by atoms with van der Waals surface area (Å²) in [6.07, 6.45) is 2.36. The van der Waals surface area contributed by atoms with E-state index in [2.05, 4.69) is 63.9 Å². The van der Waals surface area contributed by atoms with E-state index in [-0.39, 0.29) is 0 Å². The van der Waals surface area contributed by atoms with E-state index in [1.165, 1.54) is 29.5 Å². The zero-order valence-electron chi connectivity index (χ0n) is 16.4. The van der Waals surface area contributed by atoms with Gasteiger partial charge in [0, 0.05) is 34.5 Å². The summed E-state index contributed by atoms with van der Waals surface area (Å²) in [5.41, 5.74) is 5.97. The van der Waals surface area contributed by atoms with Gasteiger partial charge in [0.25, 0.3) is 0 Å². The Kier molecular flexibility index (Phi) is 4.24. The first-order chi connectivity index (χ1) is 11.4. The predicted molar refractivity (Wildman–Crippen MR) is 104 cm³/mol. The number of hydrogen-bond acceptors (Lipinski definition) is 2. The van der Waals surface area contributed by atoms with Gasteiger partial charge in [0.1, 0.15) is 0 Å². The standard InChI is InChI=1S/C20H26N2.C2H6/c1-6-14-9-13(2)21-17-8-7-15(10-16(14)17)19(3)11-18-20(19,4)12-22(18)5;1-2/h7-10,18H,6,11-12H2,1-5H3;1-2H3/t18?,19?,20-;/m1./s1. The maximum atomic E-state index is 4.72. The molecule has 4 rings (SSSR count). The summed E-state index contributed by atoms with van der Waals surface area (Å²) >= 11 is 0. The minimum absolute atomic E-state index is 0.314. The highest BCUT2D eigenvalue weighted by Gasteiger charge is 2.67. The molecule has 0 spiro atoms. The first-order valence-corrected chi connectivity index (χ1v) is 9.50. The van der Waals surface area contributed by atoms with Crippen molar-refractivity contribution < 1.29 is 0 Å². The topological polar surface area (TPSA) is 16.1 Å². The molecule has 2 nitrogen and oxygen atoms in total. The van der Waals surface area contributed by atoms with Crippen LogP contribution in [0.4, 0.5) is 0 Å². The molecule has 0 bridgehead atoms. The zero-order chi connectivity index (χ0) is 17.7. The van der Waals surface area contributed by atoms with Crippen molar-refractivity contribution in [2.45, 2.75) is 65.8 Å². The molecule has 130 valence electrons. The minimum Gasteiger partial charge on any atom is -0.302 e. The Hall–Kier alpha value is -1.41. The van der Waals surface area contributed by atoms with E-state index in [1.54, 1.807) is 0 Å². The van der Waals surface area contributed by atoms with Crippen LogP contribution in [0.2, 0.25) is 0 Å². The molecule has 0 radical (unpaired) electrons. The van der Waals surface area contributed by atoms with Crippen molar-refractivity contribution in [2.24, 2.45) is 5.41 Å². The number of aromatic nitrogens is 1. The van der Waals surface area contributed by atoms with Gasteiger partial charge in [-0.15, -0.1) is 0 Å². The van der Waals surface area contributed by atoms with E-state index in [0.29, 0.717) is 10.8 Å². The van der Waals surface area contributed by atoms with Crippen molar-refractivity contribution in [1.29, 1.82) is 0 Å². The van der Waals surface area contributed by atoms with Crippen LogP contribution in [0.15, 0.2) is 24.3 Å². The van der Waals surface area contributed by atoms with Gasteiger partial charge in [0.2, 0.25) is 0 Å². The van der Waals surface area contributed by atoms with Crippen LogP contribution < -0.4 is 0 Å². The Labute approximate surface area is 147 Å². The lowest BCUT2D eigenvalue weighted by Crippen LogP contribution is -2.78. The van der Waals surface area contributed by atoms with Crippen LogP contribution in [-0.4, -0.2) is 29.5 Å². The SMILES string of the molecule is CC.CCc1cc(C)nc2ccc(C3(C)CC4N(C)C[C@]43C)cc12. The highest BCUT2D eigenvalue weighted by Crippen LogP contribution is 2.64. The maximum absolute atomic E-state index is 4.72. The molecule has 24 heavy (non-hydrogen) atoms. The number of hydrogen-bond donors (Lipinski definition) is 0. The Bertz CT molecular complexity index is 766. The van der Waals surface area contributed by atoms with Crippen LogP contribution in [0.3, 0.4) is 0 Å².